The third kappa shape index (κ3) is 7.36. The van der Waals surface area contributed by atoms with Crippen molar-refractivity contribution in [1.29, 1.82) is 0 Å². The van der Waals surface area contributed by atoms with Crippen LogP contribution in [0.3, 0.4) is 0 Å². The molecule has 0 aliphatic heterocycles. The van der Waals surface area contributed by atoms with Crippen molar-refractivity contribution in [3.63, 3.8) is 0 Å². The molecule has 0 heterocycles. The average Bonchev–Trinajstić information content (AvgIpc) is 2.59. The van der Waals surface area contributed by atoms with Crippen LogP contribution in [0.2, 0.25) is 0 Å². The minimum absolute atomic E-state index is 0.141. The summed E-state index contributed by atoms with van der Waals surface area (Å²) in [6, 6.07) is 6.93. The van der Waals surface area contributed by atoms with Crippen LogP contribution >= 0.6 is 0 Å². The van der Waals surface area contributed by atoms with Gasteiger partial charge < -0.3 is 27.0 Å². The lowest BCUT2D eigenvalue weighted by Crippen LogP contribution is -2.38. The Morgan fingerprint density at radius 3 is 2.33 bits per heavy atom. The average molecular weight is 335 g/mol. The zero-order chi connectivity index (χ0) is 17.8. The molecule has 6 N–H and O–H groups in total. The predicted molar refractivity (Wildman–Crippen MR) is 87.9 cm³/mol. The maximum Gasteiger partial charge on any atom is 0.243 e. The van der Waals surface area contributed by atoms with E-state index in [0.717, 1.165) is 5.56 Å². The van der Waals surface area contributed by atoms with Gasteiger partial charge >= 0.3 is 0 Å². The Kier molecular flexibility index (Phi) is 8.54. The Hall–Kier alpha value is -2.94. The molecular weight excluding hydrogens is 314 g/mol. The molecule has 1 aromatic carbocycles. The van der Waals surface area contributed by atoms with Crippen LogP contribution in [0.1, 0.15) is 5.56 Å². The van der Waals surface area contributed by atoms with Gasteiger partial charge in [0.05, 0.1) is 13.1 Å². The van der Waals surface area contributed by atoms with E-state index in [-0.39, 0.29) is 25.0 Å². The number of carbonyl (C=O) groups excluding carboxylic acids is 4. The fourth-order valence-corrected chi connectivity index (χ4v) is 1.90. The van der Waals surface area contributed by atoms with Gasteiger partial charge in [-0.1, -0.05) is 12.1 Å². The summed E-state index contributed by atoms with van der Waals surface area (Å²) in [4.78, 5) is 43.4. The molecule has 0 fully saturated rings. The number of hydrogen-bond donors (Lipinski definition) is 5. The van der Waals surface area contributed by atoms with Crippen molar-refractivity contribution in [1.82, 2.24) is 16.0 Å². The second-order valence-corrected chi connectivity index (χ2v) is 4.94. The number of rotatable bonds is 11. The Morgan fingerprint density at radius 1 is 1.04 bits per heavy atom. The van der Waals surface area contributed by atoms with E-state index in [9.17, 15) is 19.2 Å². The first-order valence-corrected chi connectivity index (χ1v) is 7.31. The van der Waals surface area contributed by atoms with Crippen LogP contribution in [0.5, 0.6) is 0 Å². The third-order valence-corrected chi connectivity index (χ3v) is 3.10. The van der Waals surface area contributed by atoms with Crippen LogP contribution in [0.25, 0.3) is 0 Å². The van der Waals surface area contributed by atoms with E-state index in [1.807, 2.05) is 12.1 Å². The first kappa shape index (κ1) is 19.1. The zero-order valence-electron chi connectivity index (χ0n) is 13.1. The molecule has 0 unspecified atom stereocenters. The van der Waals surface area contributed by atoms with E-state index in [2.05, 4.69) is 21.3 Å². The molecule has 130 valence electrons. The maximum atomic E-state index is 11.7. The lowest BCUT2D eigenvalue weighted by atomic mass is 10.1. The normalized spacial score (nSPS) is 11.0. The second-order valence-electron chi connectivity index (χ2n) is 4.94. The van der Waals surface area contributed by atoms with Gasteiger partial charge in [0.2, 0.25) is 24.6 Å². The van der Waals surface area contributed by atoms with E-state index in [4.69, 9.17) is 5.73 Å². The molecule has 1 rings (SSSR count). The van der Waals surface area contributed by atoms with Crippen LogP contribution < -0.4 is 27.0 Å². The first-order chi connectivity index (χ1) is 11.6. The lowest BCUT2D eigenvalue weighted by Gasteiger charge is -2.14. The van der Waals surface area contributed by atoms with Gasteiger partial charge in [-0.2, -0.15) is 0 Å². The van der Waals surface area contributed by atoms with Crippen molar-refractivity contribution >= 4 is 30.3 Å². The predicted octanol–water partition coefficient (Wildman–Crippen LogP) is -1.90. The highest BCUT2D eigenvalue weighted by Crippen LogP contribution is 2.11. The number of benzene rings is 1. The maximum absolute atomic E-state index is 11.7. The van der Waals surface area contributed by atoms with Crippen LogP contribution in [-0.2, 0) is 25.6 Å². The van der Waals surface area contributed by atoms with Crippen LogP contribution in [0.15, 0.2) is 24.3 Å². The smallest absolute Gasteiger partial charge is 0.243 e. The first-order valence-electron chi connectivity index (χ1n) is 7.31. The molecule has 24 heavy (non-hydrogen) atoms. The minimum atomic E-state index is -0.455. The van der Waals surface area contributed by atoms with Crippen LogP contribution in [0.4, 0.5) is 5.69 Å². The van der Waals surface area contributed by atoms with Crippen LogP contribution in [-0.4, -0.2) is 50.3 Å². The molecule has 0 aliphatic carbocycles. The van der Waals surface area contributed by atoms with E-state index in [1.165, 1.54) is 0 Å². The number of hydrogen-bond acceptors (Lipinski definition) is 5. The number of nitrogens with one attached hydrogen (secondary N) is 4. The number of carbonyl (C=O) groups is 4. The van der Waals surface area contributed by atoms with Gasteiger partial charge in [0.25, 0.3) is 0 Å². The van der Waals surface area contributed by atoms with Gasteiger partial charge in [-0.3, -0.25) is 19.2 Å². The quantitative estimate of drug-likeness (QED) is 0.300. The highest BCUT2D eigenvalue weighted by atomic mass is 16.2. The largest absolute Gasteiger partial charge is 0.354 e. The number of nitrogens with two attached hydrogens (primary N) is 1. The molecule has 0 aromatic heterocycles. The molecule has 9 nitrogen and oxygen atoms in total. The molecule has 1 atom stereocenters. The molecule has 0 radical (unpaired) electrons. The second kappa shape index (κ2) is 10.7. The summed E-state index contributed by atoms with van der Waals surface area (Å²) in [6.07, 6.45) is 1.61. The monoisotopic (exact) mass is 335 g/mol. The standard InChI is InChI=1S/C15H21N5O4/c16-6-13(19-10-22)5-11-1-3-12(4-2-11)20-15(24)8-18-14(23)7-17-9-21/h1-4,9-10,13H,5-8,16H2,(H,17,21)(H,18,23)(H,19,22)(H,20,24)/t13-/m0/s1. The van der Waals surface area contributed by atoms with E-state index < -0.39 is 5.91 Å². The Balaban J connectivity index is 2.42. The molecule has 9 heteroatoms. The third-order valence-electron chi connectivity index (χ3n) is 3.10. The Morgan fingerprint density at radius 2 is 1.75 bits per heavy atom. The molecule has 0 spiro atoms. The fraction of sp³-hybridized carbons (Fsp3) is 0.333. The van der Waals surface area contributed by atoms with Gasteiger partial charge in [-0.25, -0.2) is 0 Å². The summed E-state index contributed by atoms with van der Waals surface area (Å²) in [5.74, 6) is -0.840. The SMILES string of the molecule is NC[C@H](Cc1ccc(NC(=O)CNC(=O)CNC=O)cc1)NC=O. The summed E-state index contributed by atoms with van der Waals surface area (Å²) in [5, 5.41) is 9.83. The summed E-state index contributed by atoms with van der Waals surface area (Å²) < 4.78 is 0. The van der Waals surface area contributed by atoms with Gasteiger partial charge in [0.1, 0.15) is 0 Å². The van der Waals surface area contributed by atoms with Gasteiger partial charge in [0, 0.05) is 18.3 Å². The minimum Gasteiger partial charge on any atom is -0.354 e. The molecule has 4 amide bonds. The van der Waals surface area contributed by atoms with Crippen molar-refractivity contribution in [3.05, 3.63) is 29.8 Å². The molecule has 0 saturated heterocycles. The molecule has 0 aliphatic rings. The van der Waals surface area contributed by atoms with Crippen molar-refractivity contribution in [3.8, 4) is 0 Å². The molecule has 0 saturated carbocycles. The summed E-state index contributed by atoms with van der Waals surface area (Å²) >= 11 is 0. The lowest BCUT2D eigenvalue weighted by molar-refractivity contribution is -0.124. The van der Waals surface area contributed by atoms with E-state index in [0.29, 0.717) is 31.5 Å². The highest BCUT2D eigenvalue weighted by molar-refractivity contribution is 5.94. The summed E-state index contributed by atoms with van der Waals surface area (Å²) in [5.41, 5.74) is 7.10. The fourth-order valence-electron chi connectivity index (χ4n) is 1.90. The van der Waals surface area contributed by atoms with Crippen molar-refractivity contribution in [2.24, 2.45) is 5.73 Å². The zero-order valence-corrected chi connectivity index (χ0v) is 13.1. The van der Waals surface area contributed by atoms with Gasteiger partial charge in [-0.15, -0.1) is 0 Å². The molecular formula is C15H21N5O4. The van der Waals surface area contributed by atoms with Gasteiger partial charge in [-0.05, 0) is 24.1 Å². The number of amides is 4. The van der Waals surface area contributed by atoms with E-state index in [1.54, 1.807) is 12.1 Å². The van der Waals surface area contributed by atoms with Crippen molar-refractivity contribution in [2.45, 2.75) is 12.5 Å². The highest BCUT2D eigenvalue weighted by Gasteiger charge is 2.08. The molecule has 1 aromatic rings. The van der Waals surface area contributed by atoms with Crippen molar-refractivity contribution in [2.75, 3.05) is 25.0 Å². The Labute approximate surface area is 139 Å². The number of anilines is 1. The van der Waals surface area contributed by atoms with Crippen LogP contribution in [0, 0.1) is 0 Å². The molecule has 0 bridgehead atoms. The summed E-state index contributed by atoms with van der Waals surface area (Å²) in [6.45, 7) is -0.0435. The van der Waals surface area contributed by atoms with Gasteiger partial charge in [0.15, 0.2) is 0 Å². The Bertz CT molecular complexity index is 561. The topological polar surface area (TPSA) is 142 Å². The van der Waals surface area contributed by atoms with E-state index >= 15 is 0 Å². The van der Waals surface area contributed by atoms with Crippen molar-refractivity contribution < 1.29 is 19.2 Å². The summed E-state index contributed by atoms with van der Waals surface area (Å²) in [7, 11) is 0.